The number of aromatic nitrogens is 2. The molecule has 0 spiro atoms. The zero-order valence-electron chi connectivity index (χ0n) is 15.1. The molecule has 0 atom stereocenters. The fourth-order valence-electron chi connectivity index (χ4n) is 2.65. The van der Waals surface area contributed by atoms with Gasteiger partial charge >= 0.3 is 0 Å². The zero-order chi connectivity index (χ0) is 19.4. The van der Waals surface area contributed by atoms with Crippen LogP contribution in [0.4, 0.5) is 10.1 Å². The van der Waals surface area contributed by atoms with Crippen molar-refractivity contribution in [2.24, 2.45) is 0 Å². The highest BCUT2D eigenvalue weighted by atomic mass is 19.1. The van der Waals surface area contributed by atoms with Gasteiger partial charge in [0.15, 0.2) is 0 Å². The number of nitrogens with one attached hydrogen (secondary N) is 1. The van der Waals surface area contributed by atoms with E-state index in [1.54, 1.807) is 24.3 Å². The molecule has 0 aliphatic rings. The van der Waals surface area contributed by atoms with Gasteiger partial charge in [0, 0.05) is 17.3 Å². The Morgan fingerprint density at radius 2 is 1.85 bits per heavy atom. The summed E-state index contributed by atoms with van der Waals surface area (Å²) < 4.78 is 14.2. The Hall–Kier alpha value is -3.28. The number of hydrogen-bond acceptors (Lipinski definition) is 3. The van der Waals surface area contributed by atoms with E-state index in [9.17, 15) is 14.0 Å². The number of anilines is 1. The quantitative estimate of drug-likeness (QED) is 0.748. The van der Waals surface area contributed by atoms with Gasteiger partial charge in [0.2, 0.25) is 5.91 Å². The van der Waals surface area contributed by atoms with Gasteiger partial charge in [0.05, 0.1) is 5.69 Å². The topological polar surface area (TPSA) is 64.0 Å². The summed E-state index contributed by atoms with van der Waals surface area (Å²) in [6.07, 6.45) is 0. The number of carbonyl (C=O) groups is 1. The van der Waals surface area contributed by atoms with E-state index < -0.39 is 0 Å². The lowest BCUT2D eigenvalue weighted by Crippen LogP contribution is -2.29. The molecule has 0 aliphatic heterocycles. The molecule has 0 saturated heterocycles. The van der Waals surface area contributed by atoms with Gasteiger partial charge in [-0.3, -0.25) is 9.59 Å². The molecule has 27 heavy (non-hydrogen) atoms. The minimum atomic E-state index is -0.382. The zero-order valence-corrected chi connectivity index (χ0v) is 15.1. The number of nitrogens with zero attached hydrogens (tertiary/aromatic N) is 2. The molecule has 6 heteroatoms. The van der Waals surface area contributed by atoms with Crippen LogP contribution in [0.15, 0.2) is 65.5 Å². The predicted octanol–water partition coefficient (Wildman–Crippen LogP) is 3.81. The van der Waals surface area contributed by atoms with Crippen molar-refractivity contribution in [1.29, 1.82) is 0 Å². The van der Waals surface area contributed by atoms with Crippen LogP contribution in [0.3, 0.4) is 0 Å². The van der Waals surface area contributed by atoms with E-state index >= 15 is 0 Å². The predicted molar refractivity (Wildman–Crippen MR) is 103 cm³/mol. The summed E-state index contributed by atoms with van der Waals surface area (Å²) in [5, 5.41) is 7.01. The van der Waals surface area contributed by atoms with E-state index in [4.69, 9.17) is 0 Å². The second kappa shape index (κ2) is 7.95. The van der Waals surface area contributed by atoms with Gasteiger partial charge in [-0.25, -0.2) is 9.07 Å². The lowest BCUT2D eigenvalue weighted by atomic mass is 10.0. The van der Waals surface area contributed by atoms with Crippen molar-refractivity contribution in [3.8, 4) is 11.3 Å². The molecule has 1 amide bonds. The summed E-state index contributed by atoms with van der Waals surface area (Å²) in [6, 6.07) is 16.3. The minimum absolute atomic E-state index is 0.209. The summed E-state index contributed by atoms with van der Waals surface area (Å²) >= 11 is 0. The van der Waals surface area contributed by atoms with Gasteiger partial charge in [0.1, 0.15) is 12.4 Å². The molecule has 0 saturated carbocycles. The van der Waals surface area contributed by atoms with Gasteiger partial charge < -0.3 is 5.32 Å². The molecule has 1 aromatic heterocycles. The van der Waals surface area contributed by atoms with Crippen LogP contribution in [0.1, 0.15) is 25.3 Å². The van der Waals surface area contributed by atoms with Crippen LogP contribution < -0.4 is 10.9 Å². The molecule has 1 N–H and O–H groups in total. The standard InChI is InChI=1S/C21H20FN3O2/c1-14(2)16-4-3-5-18(12-16)23-20(26)13-25-21(27)11-10-19(24-25)15-6-8-17(22)9-7-15/h3-12,14H,13H2,1-2H3,(H,23,26). The molecule has 0 radical (unpaired) electrons. The number of carbonyl (C=O) groups excluding carboxylic acids is 1. The maximum Gasteiger partial charge on any atom is 0.267 e. The van der Waals surface area contributed by atoms with Crippen LogP contribution in [0.5, 0.6) is 0 Å². The number of rotatable bonds is 5. The lowest BCUT2D eigenvalue weighted by molar-refractivity contribution is -0.117. The largest absolute Gasteiger partial charge is 0.324 e. The summed E-state index contributed by atoms with van der Waals surface area (Å²) in [5.74, 6) is -0.352. The summed E-state index contributed by atoms with van der Waals surface area (Å²) in [6.45, 7) is 3.94. The Morgan fingerprint density at radius 1 is 1.11 bits per heavy atom. The Bertz CT molecular complexity index is 1010. The Kier molecular flexibility index (Phi) is 5.45. The first-order chi connectivity index (χ1) is 12.9. The molecule has 1 heterocycles. The van der Waals surface area contributed by atoms with Crippen LogP contribution in [0, 0.1) is 5.82 Å². The maximum atomic E-state index is 13.1. The smallest absolute Gasteiger partial charge is 0.267 e. The Balaban J connectivity index is 1.77. The van der Waals surface area contributed by atoms with E-state index in [1.165, 1.54) is 18.2 Å². The van der Waals surface area contributed by atoms with E-state index in [2.05, 4.69) is 24.3 Å². The normalized spacial score (nSPS) is 10.8. The minimum Gasteiger partial charge on any atom is -0.324 e. The fourth-order valence-corrected chi connectivity index (χ4v) is 2.65. The molecule has 3 aromatic rings. The maximum absolute atomic E-state index is 13.1. The summed E-state index contributed by atoms with van der Waals surface area (Å²) in [5.41, 5.74) is 2.56. The van der Waals surface area contributed by atoms with Crippen molar-refractivity contribution in [2.75, 3.05) is 5.32 Å². The number of hydrogen-bond donors (Lipinski definition) is 1. The van der Waals surface area contributed by atoms with Gasteiger partial charge in [-0.2, -0.15) is 5.10 Å². The van der Waals surface area contributed by atoms with E-state index in [1.807, 2.05) is 18.2 Å². The highest BCUT2D eigenvalue weighted by Gasteiger charge is 2.09. The van der Waals surface area contributed by atoms with Crippen LogP contribution in [-0.4, -0.2) is 15.7 Å². The van der Waals surface area contributed by atoms with Crippen molar-refractivity contribution in [2.45, 2.75) is 26.3 Å². The highest BCUT2D eigenvalue weighted by molar-refractivity contribution is 5.90. The van der Waals surface area contributed by atoms with Gasteiger partial charge in [0.25, 0.3) is 5.56 Å². The third-order valence-electron chi connectivity index (χ3n) is 4.14. The lowest BCUT2D eigenvalue weighted by Gasteiger charge is -2.10. The van der Waals surface area contributed by atoms with Gasteiger partial charge in [-0.05, 0) is 53.9 Å². The third-order valence-corrected chi connectivity index (χ3v) is 4.14. The van der Waals surface area contributed by atoms with Gasteiger partial charge in [-0.15, -0.1) is 0 Å². The van der Waals surface area contributed by atoms with Crippen molar-refractivity contribution >= 4 is 11.6 Å². The monoisotopic (exact) mass is 365 g/mol. The summed E-state index contributed by atoms with van der Waals surface area (Å²) in [7, 11) is 0. The molecule has 2 aromatic carbocycles. The second-order valence-corrected chi connectivity index (χ2v) is 6.55. The highest BCUT2D eigenvalue weighted by Crippen LogP contribution is 2.19. The van der Waals surface area contributed by atoms with Crippen LogP contribution >= 0.6 is 0 Å². The van der Waals surface area contributed by atoms with E-state index in [-0.39, 0.29) is 23.8 Å². The molecular weight excluding hydrogens is 345 g/mol. The van der Waals surface area contributed by atoms with Crippen LogP contribution in [0.2, 0.25) is 0 Å². The number of benzene rings is 2. The van der Waals surface area contributed by atoms with Crippen LogP contribution in [-0.2, 0) is 11.3 Å². The molecule has 138 valence electrons. The molecule has 0 fully saturated rings. The first-order valence-corrected chi connectivity index (χ1v) is 8.66. The van der Waals surface area contributed by atoms with Crippen LogP contribution in [0.25, 0.3) is 11.3 Å². The average molecular weight is 365 g/mol. The first kappa shape index (κ1) is 18.5. The third kappa shape index (κ3) is 4.67. The Morgan fingerprint density at radius 3 is 2.56 bits per heavy atom. The molecule has 0 unspecified atom stereocenters. The van der Waals surface area contributed by atoms with E-state index in [0.29, 0.717) is 22.9 Å². The second-order valence-electron chi connectivity index (χ2n) is 6.55. The molecule has 0 aliphatic carbocycles. The molecule has 5 nitrogen and oxygen atoms in total. The number of amides is 1. The Labute approximate surface area is 156 Å². The van der Waals surface area contributed by atoms with Gasteiger partial charge in [-0.1, -0.05) is 26.0 Å². The van der Waals surface area contributed by atoms with Crippen molar-refractivity contribution in [3.63, 3.8) is 0 Å². The summed E-state index contributed by atoms with van der Waals surface area (Å²) in [4.78, 5) is 24.4. The molecule has 0 bridgehead atoms. The first-order valence-electron chi connectivity index (χ1n) is 8.66. The molecular formula is C21H20FN3O2. The number of halogens is 1. The van der Waals surface area contributed by atoms with E-state index in [0.717, 1.165) is 10.2 Å². The van der Waals surface area contributed by atoms with Crippen molar-refractivity contribution in [3.05, 3.63) is 82.4 Å². The van der Waals surface area contributed by atoms with Crippen molar-refractivity contribution < 1.29 is 9.18 Å². The SMILES string of the molecule is CC(C)c1cccc(NC(=O)Cn2nc(-c3ccc(F)cc3)ccc2=O)c1. The van der Waals surface area contributed by atoms with Crippen molar-refractivity contribution in [1.82, 2.24) is 9.78 Å². The average Bonchev–Trinajstić information content (AvgIpc) is 2.64. The molecule has 3 rings (SSSR count). The fraction of sp³-hybridized carbons (Fsp3) is 0.190.